The van der Waals surface area contributed by atoms with Crippen molar-refractivity contribution in [3.05, 3.63) is 0 Å². The molecule has 0 aromatic rings. The van der Waals surface area contributed by atoms with E-state index < -0.39 is 0 Å². The standard InChI is InChI=1S/2C5H8O2.Mn.2H2O/c2*1-4(6)3-5(2)7;;;/h2*3H2,1-2H3;;2*1H2. The van der Waals surface area contributed by atoms with Gasteiger partial charge in [-0.05, 0) is 27.7 Å². The van der Waals surface area contributed by atoms with Gasteiger partial charge < -0.3 is 11.0 Å². The van der Waals surface area contributed by atoms with Gasteiger partial charge in [-0.2, -0.15) is 0 Å². The zero-order chi connectivity index (χ0) is 11.7. The van der Waals surface area contributed by atoms with Crippen LogP contribution in [0.3, 0.4) is 0 Å². The molecule has 0 aromatic carbocycles. The Morgan fingerprint density at radius 1 is 0.588 bits per heavy atom. The number of carbonyl (C=O) groups is 4. The van der Waals surface area contributed by atoms with E-state index >= 15 is 0 Å². The molecule has 6 nitrogen and oxygen atoms in total. The molecule has 0 fully saturated rings. The van der Waals surface area contributed by atoms with E-state index in [2.05, 4.69) is 0 Å². The molecule has 0 aliphatic rings. The maximum absolute atomic E-state index is 10.0. The Morgan fingerprint density at radius 3 is 0.706 bits per heavy atom. The molecule has 0 heterocycles. The maximum atomic E-state index is 10.0. The van der Waals surface area contributed by atoms with Crippen molar-refractivity contribution in [3.8, 4) is 0 Å². The molecule has 0 unspecified atom stereocenters. The molecule has 0 rings (SSSR count). The second-order valence-electron chi connectivity index (χ2n) is 3.16. The second-order valence-corrected chi connectivity index (χ2v) is 3.16. The average Bonchev–Trinajstić information content (AvgIpc) is 1.79. The molecule has 0 aliphatic heterocycles. The number of hydrogen-bond acceptors (Lipinski definition) is 4. The minimum atomic E-state index is -0.0625. The predicted octanol–water partition coefficient (Wildman–Crippen LogP) is -0.543. The molecule has 1 radical (unpaired) electrons. The fourth-order valence-corrected chi connectivity index (χ4v) is 0.701. The molecule has 0 saturated heterocycles. The summed E-state index contributed by atoms with van der Waals surface area (Å²) in [6.45, 7) is 5.62. The second kappa shape index (κ2) is 17.5. The number of hydrogen-bond donors (Lipinski definition) is 0. The van der Waals surface area contributed by atoms with Gasteiger partial charge in [0.1, 0.15) is 23.1 Å². The third kappa shape index (κ3) is 51.3. The average molecular weight is 291 g/mol. The monoisotopic (exact) mass is 291 g/mol. The Labute approximate surface area is 111 Å². The first-order chi connectivity index (χ1) is 6.25. The summed E-state index contributed by atoms with van der Waals surface area (Å²) in [5, 5.41) is 0. The van der Waals surface area contributed by atoms with E-state index in [9.17, 15) is 19.2 Å². The smallest absolute Gasteiger partial charge is 0.137 e. The van der Waals surface area contributed by atoms with Crippen molar-refractivity contribution in [1.29, 1.82) is 0 Å². The predicted molar refractivity (Wildman–Crippen MR) is 59.2 cm³/mol. The minimum Gasteiger partial charge on any atom is -0.412 e. The van der Waals surface area contributed by atoms with Crippen LogP contribution >= 0.6 is 0 Å². The summed E-state index contributed by atoms with van der Waals surface area (Å²) in [6.07, 6.45) is 0.167. The van der Waals surface area contributed by atoms with Gasteiger partial charge in [0.2, 0.25) is 0 Å². The molecule has 0 bridgehead atoms. The Kier molecular flexibility index (Phi) is 30.7. The summed E-state index contributed by atoms with van der Waals surface area (Å²) in [5.41, 5.74) is 0. The van der Waals surface area contributed by atoms with Crippen LogP contribution in [0.4, 0.5) is 0 Å². The van der Waals surface area contributed by atoms with E-state index in [1.54, 1.807) is 0 Å². The molecule has 0 aliphatic carbocycles. The fraction of sp³-hybridized carbons (Fsp3) is 0.600. The van der Waals surface area contributed by atoms with Gasteiger partial charge in [0, 0.05) is 17.1 Å². The van der Waals surface area contributed by atoms with Crippen molar-refractivity contribution in [2.24, 2.45) is 0 Å². The van der Waals surface area contributed by atoms with E-state index in [1.807, 2.05) is 0 Å². The topological polar surface area (TPSA) is 131 Å². The van der Waals surface area contributed by atoms with Crippen molar-refractivity contribution in [3.63, 3.8) is 0 Å². The molecule has 4 N–H and O–H groups in total. The van der Waals surface area contributed by atoms with Crippen LogP contribution in [0, 0.1) is 0 Å². The van der Waals surface area contributed by atoms with E-state index in [4.69, 9.17) is 0 Å². The van der Waals surface area contributed by atoms with Crippen molar-refractivity contribution < 1.29 is 47.2 Å². The zero-order valence-corrected chi connectivity index (χ0v) is 11.6. The normalized spacial score (nSPS) is 6.82. The van der Waals surface area contributed by atoms with Gasteiger partial charge in [0.15, 0.2) is 0 Å². The van der Waals surface area contributed by atoms with Crippen molar-refractivity contribution in [1.82, 2.24) is 0 Å². The number of rotatable bonds is 4. The summed E-state index contributed by atoms with van der Waals surface area (Å²) in [6, 6.07) is 0. The third-order valence-corrected chi connectivity index (χ3v) is 0.996. The number of carbonyl (C=O) groups excluding carboxylic acids is 4. The Balaban J connectivity index is -0.0000000480. The molecule has 0 spiro atoms. The molecule has 0 saturated carbocycles. The molecule has 0 atom stereocenters. The fourth-order valence-electron chi connectivity index (χ4n) is 0.701. The summed E-state index contributed by atoms with van der Waals surface area (Å²) in [5.74, 6) is -0.250. The van der Waals surface area contributed by atoms with Crippen molar-refractivity contribution in [2.45, 2.75) is 40.5 Å². The molecule has 0 aromatic heterocycles. The zero-order valence-electron chi connectivity index (χ0n) is 10.4. The van der Waals surface area contributed by atoms with Crippen LogP contribution in [0.15, 0.2) is 0 Å². The van der Waals surface area contributed by atoms with Crippen LogP contribution in [0.25, 0.3) is 0 Å². The SMILES string of the molecule is CC(=O)CC(C)=O.CC(=O)CC(C)=O.O.O.[Mn]. The van der Waals surface area contributed by atoms with Crippen molar-refractivity contribution in [2.75, 3.05) is 0 Å². The summed E-state index contributed by atoms with van der Waals surface area (Å²) in [7, 11) is 0. The van der Waals surface area contributed by atoms with Gasteiger partial charge in [0.25, 0.3) is 0 Å². The van der Waals surface area contributed by atoms with Gasteiger partial charge in [-0.15, -0.1) is 0 Å². The van der Waals surface area contributed by atoms with E-state index in [0.717, 1.165) is 0 Å². The van der Waals surface area contributed by atoms with Crippen LogP contribution in [-0.2, 0) is 36.2 Å². The quantitative estimate of drug-likeness (QED) is 0.508. The van der Waals surface area contributed by atoms with E-state index in [-0.39, 0.29) is 64.0 Å². The molecule has 103 valence electrons. The largest absolute Gasteiger partial charge is 0.412 e. The van der Waals surface area contributed by atoms with Crippen LogP contribution < -0.4 is 0 Å². The van der Waals surface area contributed by atoms with E-state index in [1.165, 1.54) is 27.7 Å². The minimum absolute atomic E-state index is 0. The first kappa shape index (κ1) is 29.8. The van der Waals surface area contributed by atoms with Gasteiger partial charge in [-0.1, -0.05) is 0 Å². The first-order valence-electron chi connectivity index (χ1n) is 4.23. The Bertz CT molecular complexity index is 199. The van der Waals surface area contributed by atoms with Crippen LogP contribution in [0.5, 0.6) is 0 Å². The van der Waals surface area contributed by atoms with Crippen LogP contribution in [0.1, 0.15) is 40.5 Å². The van der Waals surface area contributed by atoms with Gasteiger partial charge in [-0.25, -0.2) is 0 Å². The van der Waals surface area contributed by atoms with Gasteiger partial charge >= 0.3 is 0 Å². The molecule has 7 heteroatoms. The van der Waals surface area contributed by atoms with E-state index in [0.29, 0.717) is 0 Å². The first-order valence-corrected chi connectivity index (χ1v) is 4.23. The molecule has 17 heavy (non-hydrogen) atoms. The van der Waals surface area contributed by atoms with Crippen molar-refractivity contribution >= 4 is 23.1 Å². The summed E-state index contributed by atoms with van der Waals surface area (Å²) in [4.78, 5) is 40.1. The number of Topliss-reactive ketones (excluding diaryl/α,β-unsaturated/α-hetero) is 4. The molecular formula is C10H20MnO6. The van der Waals surface area contributed by atoms with Crippen LogP contribution in [0.2, 0.25) is 0 Å². The Hall–Kier alpha value is -0.881. The maximum Gasteiger partial charge on any atom is 0.137 e. The summed E-state index contributed by atoms with van der Waals surface area (Å²) >= 11 is 0. The Morgan fingerprint density at radius 2 is 0.706 bits per heavy atom. The molecular weight excluding hydrogens is 271 g/mol. The van der Waals surface area contributed by atoms with Gasteiger partial charge in [-0.3, -0.25) is 19.2 Å². The van der Waals surface area contributed by atoms with Crippen LogP contribution in [-0.4, -0.2) is 34.1 Å². The molecule has 0 amide bonds. The number of ketones is 4. The van der Waals surface area contributed by atoms with Gasteiger partial charge in [0.05, 0.1) is 12.8 Å². The third-order valence-electron chi connectivity index (χ3n) is 0.996. The summed E-state index contributed by atoms with van der Waals surface area (Å²) < 4.78 is 0.